The van der Waals surface area contributed by atoms with Crippen LogP contribution in [0.3, 0.4) is 0 Å². The van der Waals surface area contributed by atoms with Crippen molar-refractivity contribution < 1.29 is 24.1 Å². The first-order valence-electron chi connectivity index (χ1n) is 5.13. The van der Waals surface area contributed by atoms with Crippen molar-refractivity contribution in [3.8, 4) is 0 Å². The summed E-state index contributed by atoms with van der Waals surface area (Å²) in [6, 6.07) is 0. The molecule has 0 aliphatic carbocycles. The molecular formula is C10H16O5. The Balaban J connectivity index is 2.04. The number of aliphatic hydroxyl groups is 1. The third kappa shape index (κ3) is 2.00. The van der Waals surface area contributed by atoms with Crippen molar-refractivity contribution in [2.75, 3.05) is 0 Å². The SMILES string of the molecule is CC1OC(C)(C)OC1C1CC(O)C(=O)O1. The zero-order valence-electron chi connectivity index (χ0n) is 9.10. The van der Waals surface area contributed by atoms with Gasteiger partial charge in [-0.2, -0.15) is 0 Å². The standard InChI is InChI=1S/C10H16O5/c1-5-8(15-10(2,3)14-5)7-4-6(11)9(12)13-7/h5-8,11H,4H2,1-3H3. The fraction of sp³-hybridized carbons (Fsp3) is 0.900. The van der Waals surface area contributed by atoms with Crippen LogP contribution in [0.15, 0.2) is 0 Å². The van der Waals surface area contributed by atoms with E-state index in [0.29, 0.717) is 0 Å². The molecule has 2 aliphatic heterocycles. The zero-order chi connectivity index (χ0) is 11.2. The fourth-order valence-electron chi connectivity index (χ4n) is 2.14. The van der Waals surface area contributed by atoms with E-state index in [1.165, 1.54) is 0 Å². The van der Waals surface area contributed by atoms with Gasteiger partial charge in [0.15, 0.2) is 11.9 Å². The number of esters is 1. The van der Waals surface area contributed by atoms with Crippen molar-refractivity contribution >= 4 is 5.97 Å². The van der Waals surface area contributed by atoms with Gasteiger partial charge in [0.2, 0.25) is 0 Å². The minimum Gasteiger partial charge on any atom is -0.457 e. The fourth-order valence-corrected chi connectivity index (χ4v) is 2.14. The molecule has 86 valence electrons. The molecule has 2 aliphatic rings. The van der Waals surface area contributed by atoms with E-state index < -0.39 is 24.0 Å². The summed E-state index contributed by atoms with van der Waals surface area (Å²) in [4.78, 5) is 11.0. The van der Waals surface area contributed by atoms with Gasteiger partial charge in [0.25, 0.3) is 0 Å². The molecule has 0 radical (unpaired) electrons. The third-order valence-corrected chi connectivity index (χ3v) is 2.71. The summed E-state index contributed by atoms with van der Waals surface area (Å²) in [6.07, 6.45) is -1.56. The van der Waals surface area contributed by atoms with Crippen molar-refractivity contribution in [3.05, 3.63) is 0 Å². The number of aliphatic hydroxyl groups excluding tert-OH is 1. The second-order valence-corrected chi connectivity index (χ2v) is 4.53. The van der Waals surface area contributed by atoms with Crippen LogP contribution in [0.2, 0.25) is 0 Å². The average molecular weight is 216 g/mol. The number of ether oxygens (including phenoxy) is 3. The second kappa shape index (κ2) is 3.43. The van der Waals surface area contributed by atoms with Crippen LogP contribution in [0.25, 0.3) is 0 Å². The maximum atomic E-state index is 11.0. The van der Waals surface area contributed by atoms with Crippen LogP contribution in [-0.4, -0.2) is 41.3 Å². The van der Waals surface area contributed by atoms with Gasteiger partial charge >= 0.3 is 5.97 Å². The molecule has 0 amide bonds. The maximum absolute atomic E-state index is 11.0. The summed E-state index contributed by atoms with van der Waals surface area (Å²) >= 11 is 0. The van der Waals surface area contributed by atoms with Gasteiger partial charge in [-0.1, -0.05) is 0 Å². The van der Waals surface area contributed by atoms with E-state index in [2.05, 4.69) is 0 Å². The number of hydrogen-bond donors (Lipinski definition) is 1. The Morgan fingerprint density at radius 2 is 2.07 bits per heavy atom. The molecular weight excluding hydrogens is 200 g/mol. The van der Waals surface area contributed by atoms with Gasteiger partial charge in [-0.15, -0.1) is 0 Å². The number of carbonyl (C=O) groups is 1. The van der Waals surface area contributed by atoms with Gasteiger partial charge in [-0.05, 0) is 20.8 Å². The lowest BCUT2D eigenvalue weighted by atomic mass is 10.1. The van der Waals surface area contributed by atoms with Crippen LogP contribution in [0.5, 0.6) is 0 Å². The molecule has 0 aromatic heterocycles. The molecule has 2 fully saturated rings. The molecule has 0 aromatic rings. The second-order valence-electron chi connectivity index (χ2n) is 4.53. The van der Waals surface area contributed by atoms with Crippen molar-refractivity contribution in [3.63, 3.8) is 0 Å². The highest BCUT2D eigenvalue weighted by Gasteiger charge is 2.48. The number of rotatable bonds is 1. The lowest BCUT2D eigenvalue weighted by Gasteiger charge is -2.20. The highest BCUT2D eigenvalue weighted by Crippen LogP contribution is 2.33. The Labute approximate surface area is 88.3 Å². The van der Waals surface area contributed by atoms with Gasteiger partial charge in [0.05, 0.1) is 6.10 Å². The normalized spacial score (nSPS) is 44.4. The first-order valence-corrected chi connectivity index (χ1v) is 5.13. The van der Waals surface area contributed by atoms with Gasteiger partial charge in [-0.25, -0.2) is 4.79 Å². The minimum absolute atomic E-state index is 0.136. The lowest BCUT2D eigenvalue weighted by Crippen LogP contribution is -2.34. The molecule has 5 nitrogen and oxygen atoms in total. The molecule has 4 atom stereocenters. The van der Waals surface area contributed by atoms with Crippen LogP contribution in [0.4, 0.5) is 0 Å². The zero-order valence-corrected chi connectivity index (χ0v) is 9.10. The van der Waals surface area contributed by atoms with Crippen LogP contribution >= 0.6 is 0 Å². The Morgan fingerprint density at radius 3 is 2.47 bits per heavy atom. The number of cyclic esters (lactones) is 1. The third-order valence-electron chi connectivity index (χ3n) is 2.71. The van der Waals surface area contributed by atoms with Crippen molar-refractivity contribution in [2.45, 2.75) is 57.4 Å². The van der Waals surface area contributed by atoms with Crippen molar-refractivity contribution in [1.82, 2.24) is 0 Å². The Hall–Kier alpha value is -0.650. The summed E-state index contributed by atoms with van der Waals surface area (Å²) < 4.78 is 16.2. The van der Waals surface area contributed by atoms with Crippen LogP contribution in [-0.2, 0) is 19.0 Å². The highest BCUT2D eigenvalue weighted by atomic mass is 16.8. The maximum Gasteiger partial charge on any atom is 0.335 e. The van der Waals surface area contributed by atoms with Crippen molar-refractivity contribution in [1.29, 1.82) is 0 Å². The quantitative estimate of drug-likeness (QED) is 0.634. The molecule has 2 heterocycles. The molecule has 0 spiro atoms. The molecule has 0 bridgehead atoms. The first kappa shape index (κ1) is 10.9. The Bertz CT molecular complexity index is 275. The van der Waals surface area contributed by atoms with E-state index in [9.17, 15) is 9.90 Å². The van der Waals surface area contributed by atoms with Crippen molar-refractivity contribution in [2.24, 2.45) is 0 Å². The topological polar surface area (TPSA) is 65.0 Å². The van der Waals surface area contributed by atoms with E-state index in [0.717, 1.165) is 0 Å². The molecule has 0 saturated carbocycles. The summed E-state index contributed by atoms with van der Waals surface area (Å²) in [5, 5.41) is 9.27. The first-order chi connectivity index (χ1) is 6.89. The molecule has 15 heavy (non-hydrogen) atoms. The molecule has 0 aromatic carbocycles. The van der Waals surface area contributed by atoms with E-state index >= 15 is 0 Å². The van der Waals surface area contributed by atoms with E-state index in [1.807, 2.05) is 20.8 Å². The Kier molecular flexibility index (Phi) is 2.48. The average Bonchev–Trinajstić information content (AvgIpc) is 2.54. The van der Waals surface area contributed by atoms with Gasteiger partial charge in [-0.3, -0.25) is 0 Å². The lowest BCUT2D eigenvalue weighted by molar-refractivity contribution is -0.164. The van der Waals surface area contributed by atoms with Crippen LogP contribution < -0.4 is 0 Å². The van der Waals surface area contributed by atoms with Gasteiger partial charge in [0, 0.05) is 6.42 Å². The molecule has 4 unspecified atom stereocenters. The summed E-state index contributed by atoms with van der Waals surface area (Å²) in [7, 11) is 0. The molecule has 2 rings (SSSR count). The summed E-state index contributed by atoms with van der Waals surface area (Å²) in [5.74, 6) is -1.22. The summed E-state index contributed by atoms with van der Waals surface area (Å²) in [5.41, 5.74) is 0. The van der Waals surface area contributed by atoms with Gasteiger partial charge < -0.3 is 19.3 Å². The van der Waals surface area contributed by atoms with E-state index in [-0.39, 0.29) is 18.6 Å². The summed E-state index contributed by atoms with van der Waals surface area (Å²) in [6.45, 7) is 5.51. The number of hydrogen-bond acceptors (Lipinski definition) is 5. The van der Waals surface area contributed by atoms with Gasteiger partial charge in [0.1, 0.15) is 12.2 Å². The molecule has 1 N–H and O–H groups in total. The predicted octanol–water partition coefficient (Wildman–Crippen LogP) is 0.203. The molecule has 2 saturated heterocycles. The van der Waals surface area contributed by atoms with E-state index in [4.69, 9.17) is 14.2 Å². The molecule has 5 heteroatoms. The smallest absolute Gasteiger partial charge is 0.335 e. The number of carbonyl (C=O) groups excluding carboxylic acids is 1. The highest BCUT2D eigenvalue weighted by molar-refractivity contribution is 5.76. The van der Waals surface area contributed by atoms with Crippen LogP contribution in [0.1, 0.15) is 27.2 Å². The minimum atomic E-state index is -1.02. The van der Waals surface area contributed by atoms with Crippen LogP contribution in [0, 0.1) is 0 Å². The predicted molar refractivity (Wildman–Crippen MR) is 50.0 cm³/mol. The monoisotopic (exact) mass is 216 g/mol. The largest absolute Gasteiger partial charge is 0.457 e. The Morgan fingerprint density at radius 1 is 1.40 bits per heavy atom. The van der Waals surface area contributed by atoms with E-state index in [1.54, 1.807) is 0 Å².